The second kappa shape index (κ2) is 11.1. The molecule has 0 saturated carbocycles. The zero-order valence-corrected chi connectivity index (χ0v) is 19.7. The Bertz CT molecular complexity index is 911. The van der Waals surface area contributed by atoms with Crippen LogP contribution in [0, 0.1) is 0 Å². The van der Waals surface area contributed by atoms with Crippen molar-refractivity contribution in [2.45, 2.75) is 39.8 Å². The molecule has 32 heavy (non-hydrogen) atoms. The molecule has 3 rings (SSSR count). The molecular weight excluding hydrogens is 402 g/mol. The number of benzene rings is 2. The summed E-state index contributed by atoms with van der Waals surface area (Å²) in [6.45, 7) is 10.8. The first-order valence-corrected chi connectivity index (χ1v) is 11.5. The van der Waals surface area contributed by atoms with Gasteiger partial charge in [0.1, 0.15) is 5.75 Å². The molecule has 1 saturated heterocycles. The highest BCUT2D eigenvalue weighted by molar-refractivity contribution is 5.97. The highest BCUT2D eigenvalue weighted by Gasteiger charge is 2.25. The Kier molecular flexibility index (Phi) is 8.28. The molecule has 2 amide bonds. The van der Waals surface area contributed by atoms with E-state index in [0.717, 1.165) is 19.5 Å². The fraction of sp³-hybridized carbons (Fsp3) is 0.462. The van der Waals surface area contributed by atoms with Crippen molar-refractivity contribution in [3.63, 3.8) is 0 Å². The number of para-hydroxylation sites is 1. The molecular formula is C26H35N3O3. The predicted molar refractivity (Wildman–Crippen MR) is 127 cm³/mol. The average molecular weight is 438 g/mol. The first-order valence-electron chi connectivity index (χ1n) is 11.5. The highest BCUT2D eigenvalue weighted by atomic mass is 16.5. The summed E-state index contributed by atoms with van der Waals surface area (Å²) < 4.78 is 5.34. The molecule has 0 N–H and O–H groups in total. The molecule has 0 spiro atoms. The van der Waals surface area contributed by atoms with Crippen molar-refractivity contribution in [1.82, 2.24) is 14.7 Å². The molecule has 1 aliphatic rings. The van der Waals surface area contributed by atoms with Crippen molar-refractivity contribution in [2.75, 3.05) is 39.8 Å². The van der Waals surface area contributed by atoms with Crippen LogP contribution in [-0.2, 0) is 6.54 Å². The van der Waals surface area contributed by atoms with Crippen molar-refractivity contribution in [3.05, 3.63) is 65.2 Å². The van der Waals surface area contributed by atoms with E-state index in [4.69, 9.17) is 4.74 Å². The van der Waals surface area contributed by atoms with Crippen LogP contribution in [0.2, 0.25) is 0 Å². The minimum absolute atomic E-state index is 0.0272. The van der Waals surface area contributed by atoms with E-state index < -0.39 is 0 Å². The van der Waals surface area contributed by atoms with Crippen LogP contribution in [0.3, 0.4) is 0 Å². The average Bonchev–Trinajstić information content (AvgIpc) is 3.08. The lowest BCUT2D eigenvalue weighted by Gasteiger charge is -2.25. The zero-order valence-electron chi connectivity index (χ0n) is 19.7. The Morgan fingerprint density at radius 2 is 1.56 bits per heavy atom. The monoisotopic (exact) mass is 437 g/mol. The van der Waals surface area contributed by atoms with Crippen LogP contribution in [0.5, 0.6) is 5.75 Å². The molecule has 0 aromatic heterocycles. The van der Waals surface area contributed by atoms with Crippen LogP contribution in [0.4, 0.5) is 0 Å². The molecule has 1 fully saturated rings. The predicted octanol–water partition coefficient (Wildman–Crippen LogP) is 3.91. The minimum Gasteiger partial charge on any atom is -0.496 e. The van der Waals surface area contributed by atoms with Crippen molar-refractivity contribution in [3.8, 4) is 5.75 Å². The lowest BCUT2D eigenvalue weighted by molar-refractivity contribution is 0.0717. The van der Waals surface area contributed by atoms with Gasteiger partial charge in [-0.15, -0.1) is 0 Å². The summed E-state index contributed by atoms with van der Waals surface area (Å²) in [6.07, 6.45) is 0.755. The van der Waals surface area contributed by atoms with Crippen LogP contribution in [0.15, 0.2) is 48.5 Å². The standard InChI is InChI=1S/C26H35N3O3/c1-5-27(20(2)3)19-21-11-13-22(14-12-21)25(30)28-15-8-16-29(18-17-28)26(31)23-9-6-7-10-24(23)32-4/h6-7,9-14,20H,5,8,15-19H2,1-4H3. The summed E-state index contributed by atoms with van der Waals surface area (Å²) in [4.78, 5) is 32.2. The van der Waals surface area contributed by atoms with Crippen LogP contribution >= 0.6 is 0 Å². The summed E-state index contributed by atoms with van der Waals surface area (Å²) in [7, 11) is 1.57. The molecule has 2 aromatic carbocycles. The van der Waals surface area contributed by atoms with E-state index in [1.165, 1.54) is 5.56 Å². The molecule has 6 nitrogen and oxygen atoms in total. The van der Waals surface area contributed by atoms with E-state index in [0.29, 0.717) is 49.1 Å². The SMILES string of the molecule is CCN(Cc1ccc(C(=O)N2CCCN(C(=O)c3ccccc3OC)CC2)cc1)C(C)C. The van der Waals surface area contributed by atoms with Gasteiger partial charge in [0.15, 0.2) is 0 Å². The van der Waals surface area contributed by atoms with Gasteiger partial charge in [-0.3, -0.25) is 14.5 Å². The van der Waals surface area contributed by atoms with Crippen LogP contribution in [-0.4, -0.2) is 72.4 Å². The van der Waals surface area contributed by atoms with Gasteiger partial charge in [-0.05, 0) is 56.6 Å². The Hall–Kier alpha value is -2.86. The number of nitrogens with zero attached hydrogens (tertiary/aromatic N) is 3. The van der Waals surface area contributed by atoms with Crippen LogP contribution in [0.25, 0.3) is 0 Å². The fourth-order valence-electron chi connectivity index (χ4n) is 4.14. The molecule has 0 radical (unpaired) electrons. The Balaban J connectivity index is 1.62. The Labute approximate surface area is 191 Å². The maximum Gasteiger partial charge on any atom is 0.257 e. The van der Waals surface area contributed by atoms with Gasteiger partial charge in [-0.25, -0.2) is 0 Å². The number of methoxy groups -OCH3 is 1. The third-order valence-electron chi connectivity index (χ3n) is 6.13. The quantitative estimate of drug-likeness (QED) is 0.659. The second-order valence-electron chi connectivity index (χ2n) is 8.49. The lowest BCUT2D eigenvalue weighted by atomic mass is 10.1. The van der Waals surface area contributed by atoms with Gasteiger partial charge in [0.25, 0.3) is 11.8 Å². The molecule has 1 aliphatic heterocycles. The summed E-state index contributed by atoms with van der Waals surface area (Å²) in [5.74, 6) is 0.556. The fourth-order valence-corrected chi connectivity index (χ4v) is 4.14. The summed E-state index contributed by atoms with van der Waals surface area (Å²) >= 11 is 0. The van der Waals surface area contributed by atoms with Crippen LogP contribution in [0.1, 0.15) is 53.5 Å². The molecule has 172 valence electrons. The second-order valence-corrected chi connectivity index (χ2v) is 8.49. The molecule has 0 aliphatic carbocycles. The molecule has 0 atom stereocenters. The molecule has 0 bridgehead atoms. The maximum atomic E-state index is 13.1. The van der Waals surface area contributed by atoms with Gasteiger partial charge in [0, 0.05) is 44.3 Å². The summed E-state index contributed by atoms with van der Waals surface area (Å²) in [6, 6.07) is 15.7. The number of ether oxygens (including phenoxy) is 1. The van der Waals surface area contributed by atoms with Crippen molar-refractivity contribution >= 4 is 11.8 Å². The van der Waals surface area contributed by atoms with E-state index in [9.17, 15) is 9.59 Å². The van der Waals surface area contributed by atoms with E-state index >= 15 is 0 Å². The first-order chi connectivity index (χ1) is 15.4. The lowest BCUT2D eigenvalue weighted by Crippen LogP contribution is -2.37. The zero-order chi connectivity index (χ0) is 23.1. The first kappa shape index (κ1) is 23.8. The molecule has 6 heteroatoms. The summed E-state index contributed by atoms with van der Waals surface area (Å²) in [5.41, 5.74) is 2.47. The number of carbonyl (C=O) groups excluding carboxylic acids is 2. The third kappa shape index (κ3) is 5.68. The smallest absolute Gasteiger partial charge is 0.257 e. The van der Waals surface area contributed by atoms with Gasteiger partial charge < -0.3 is 14.5 Å². The van der Waals surface area contributed by atoms with Crippen molar-refractivity contribution in [1.29, 1.82) is 0 Å². The molecule has 1 heterocycles. The topological polar surface area (TPSA) is 53.1 Å². The van der Waals surface area contributed by atoms with Crippen molar-refractivity contribution < 1.29 is 14.3 Å². The van der Waals surface area contributed by atoms with Gasteiger partial charge in [0.2, 0.25) is 0 Å². The number of amides is 2. The third-order valence-corrected chi connectivity index (χ3v) is 6.13. The number of rotatable bonds is 7. The molecule has 2 aromatic rings. The van der Waals surface area contributed by atoms with Gasteiger partial charge in [-0.2, -0.15) is 0 Å². The largest absolute Gasteiger partial charge is 0.496 e. The maximum absolute atomic E-state index is 13.1. The van der Waals surface area contributed by atoms with Gasteiger partial charge in [0.05, 0.1) is 12.7 Å². The Morgan fingerprint density at radius 1 is 0.938 bits per heavy atom. The van der Waals surface area contributed by atoms with E-state index in [2.05, 4.69) is 25.7 Å². The van der Waals surface area contributed by atoms with Gasteiger partial charge >= 0.3 is 0 Å². The van der Waals surface area contributed by atoms with Crippen molar-refractivity contribution in [2.24, 2.45) is 0 Å². The van der Waals surface area contributed by atoms with E-state index in [-0.39, 0.29) is 11.8 Å². The van der Waals surface area contributed by atoms with E-state index in [1.54, 1.807) is 19.2 Å². The van der Waals surface area contributed by atoms with Gasteiger partial charge in [-0.1, -0.05) is 31.2 Å². The number of hydrogen-bond donors (Lipinski definition) is 0. The molecule has 0 unspecified atom stereocenters. The Morgan fingerprint density at radius 3 is 2.16 bits per heavy atom. The normalized spacial score (nSPS) is 14.6. The highest BCUT2D eigenvalue weighted by Crippen LogP contribution is 2.20. The van der Waals surface area contributed by atoms with E-state index in [1.807, 2.05) is 46.2 Å². The number of carbonyl (C=O) groups is 2. The minimum atomic E-state index is -0.0493. The summed E-state index contributed by atoms with van der Waals surface area (Å²) in [5, 5.41) is 0. The number of hydrogen-bond acceptors (Lipinski definition) is 4. The van der Waals surface area contributed by atoms with Crippen LogP contribution < -0.4 is 4.74 Å².